The highest BCUT2D eigenvalue weighted by molar-refractivity contribution is 6.39. The van der Waals surface area contributed by atoms with E-state index in [0.717, 1.165) is 56.4 Å². The number of hydrogen-bond donors (Lipinski definition) is 1. The van der Waals surface area contributed by atoms with E-state index in [1.54, 1.807) is 18.2 Å². The fourth-order valence-electron chi connectivity index (χ4n) is 4.50. The van der Waals surface area contributed by atoms with Crippen molar-refractivity contribution in [2.75, 3.05) is 16.3 Å². The lowest BCUT2D eigenvalue weighted by molar-refractivity contribution is -0.122. The molecule has 0 saturated carbocycles. The van der Waals surface area contributed by atoms with Gasteiger partial charge in [-0.05, 0) is 84.5 Å². The quantitative estimate of drug-likeness (QED) is 0.408. The zero-order valence-corrected chi connectivity index (χ0v) is 20.2. The van der Waals surface area contributed by atoms with Crippen LogP contribution in [0.2, 0.25) is 5.02 Å². The van der Waals surface area contributed by atoms with Crippen LogP contribution in [0.3, 0.4) is 0 Å². The van der Waals surface area contributed by atoms with Gasteiger partial charge >= 0.3 is 6.03 Å². The average molecular weight is 486 g/mol. The Balaban J connectivity index is 1.42. The number of carbonyl (C=O) groups is 3. The number of carbonyl (C=O) groups excluding carboxylic acids is 3. The van der Waals surface area contributed by atoms with E-state index in [4.69, 9.17) is 11.6 Å². The highest BCUT2D eigenvalue weighted by atomic mass is 35.5. The van der Waals surface area contributed by atoms with E-state index in [0.29, 0.717) is 12.2 Å². The molecule has 0 bridgehead atoms. The SMILES string of the molecule is Cc1ccc(N2C(=O)NC(=O)C(=Cc3ccc4c(c3)CCN4Cc3ccccc3Cl)C2=O)cc1C. The molecule has 0 aliphatic carbocycles. The molecule has 7 heteroatoms. The number of anilines is 2. The number of hydrogen-bond acceptors (Lipinski definition) is 4. The lowest BCUT2D eigenvalue weighted by atomic mass is 10.0. The van der Waals surface area contributed by atoms with Gasteiger partial charge in [-0.15, -0.1) is 0 Å². The van der Waals surface area contributed by atoms with Crippen LogP contribution in [0.5, 0.6) is 0 Å². The normalized spacial score (nSPS) is 16.7. The van der Waals surface area contributed by atoms with Crippen LogP contribution in [-0.4, -0.2) is 24.4 Å². The van der Waals surface area contributed by atoms with Crippen molar-refractivity contribution in [1.29, 1.82) is 0 Å². The number of nitrogens with one attached hydrogen (secondary N) is 1. The first-order valence-electron chi connectivity index (χ1n) is 11.4. The minimum Gasteiger partial charge on any atom is -0.367 e. The molecule has 5 rings (SSSR count). The number of fused-ring (bicyclic) bond motifs is 1. The van der Waals surface area contributed by atoms with Crippen LogP contribution in [0.25, 0.3) is 6.08 Å². The maximum atomic E-state index is 13.2. The van der Waals surface area contributed by atoms with E-state index in [1.807, 2.05) is 62.4 Å². The van der Waals surface area contributed by atoms with Gasteiger partial charge in [-0.1, -0.05) is 41.9 Å². The molecule has 0 atom stereocenters. The molecule has 35 heavy (non-hydrogen) atoms. The second kappa shape index (κ2) is 9.04. The molecule has 0 unspecified atom stereocenters. The second-order valence-corrected chi connectivity index (χ2v) is 9.28. The lowest BCUT2D eigenvalue weighted by Crippen LogP contribution is -2.54. The fourth-order valence-corrected chi connectivity index (χ4v) is 4.70. The highest BCUT2D eigenvalue weighted by Crippen LogP contribution is 2.32. The summed E-state index contributed by atoms with van der Waals surface area (Å²) in [5.74, 6) is -1.33. The number of barbiturate groups is 1. The number of amides is 4. The van der Waals surface area contributed by atoms with E-state index < -0.39 is 17.8 Å². The molecule has 2 heterocycles. The largest absolute Gasteiger partial charge is 0.367 e. The average Bonchev–Trinajstić information content (AvgIpc) is 3.22. The summed E-state index contributed by atoms with van der Waals surface area (Å²) in [6, 6.07) is 18.3. The van der Waals surface area contributed by atoms with Crippen LogP contribution in [0, 0.1) is 13.8 Å². The van der Waals surface area contributed by atoms with Gasteiger partial charge < -0.3 is 4.90 Å². The Morgan fingerprint density at radius 2 is 1.77 bits per heavy atom. The van der Waals surface area contributed by atoms with Crippen LogP contribution in [0.4, 0.5) is 16.2 Å². The van der Waals surface area contributed by atoms with E-state index in [9.17, 15) is 14.4 Å². The van der Waals surface area contributed by atoms with Gasteiger partial charge in [0.15, 0.2) is 0 Å². The third kappa shape index (κ3) is 4.33. The minimum atomic E-state index is -0.746. The lowest BCUT2D eigenvalue weighted by Gasteiger charge is -2.27. The Hall–Kier alpha value is -3.90. The van der Waals surface area contributed by atoms with Crippen molar-refractivity contribution < 1.29 is 14.4 Å². The Labute approximate surface area is 208 Å². The number of imide groups is 2. The summed E-state index contributed by atoms with van der Waals surface area (Å²) in [5, 5.41) is 3.04. The molecule has 1 fully saturated rings. The van der Waals surface area contributed by atoms with Gasteiger partial charge in [0.1, 0.15) is 5.57 Å². The molecule has 2 aliphatic rings. The summed E-state index contributed by atoms with van der Waals surface area (Å²) in [6.07, 6.45) is 2.40. The van der Waals surface area contributed by atoms with E-state index >= 15 is 0 Å². The third-order valence-corrected chi connectivity index (χ3v) is 6.94. The standard InChI is InChI=1S/C28H24ClN3O3/c1-17-7-9-22(13-18(17)2)32-27(34)23(26(33)30-28(32)35)15-19-8-10-25-20(14-19)11-12-31(25)16-21-5-3-4-6-24(21)29/h3-10,13-15H,11-12,16H2,1-2H3,(H,30,33,35). The minimum absolute atomic E-state index is 0.0753. The van der Waals surface area contributed by atoms with Crippen molar-refractivity contribution >= 4 is 46.9 Å². The first kappa shape index (κ1) is 22.9. The van der Waals surface area contributed by atoms with Crippen molar-refractivity contribution in [1.82, 2.24) is 5.32 Å². The molecule has 1 N–H and O–H groups in total. The maximum Gasteiger partial charge on any atom is 0.335 e. The predicted octanol–water partition coefficient (Wildman–Crippen LogP) is 5.19. The summed E-state index contributed by atoms with van der Waals surface area (Å²) >= 11 is 6.34. The first-order valence-corrected chi connectivity index (χ1v) is 11.8. The summed E-state index contributed by atoms with van der Waals surface area (Å²) in [4.78, 5) is 41.6. The Morgan fingerprint density at radius 3 is 2.54 bits per heavy atom. The Morgan fingerprint density at radius 1 is 0.971 bits per heavy atom. The number of benzene rings is 3. The van der Waals surface area contributed by atoms with Crippen LogP contribution >= 0.6 is 11.6 Å². The summed E-state index contributed by atoms with van der Waals surface area (Å²) in [7, 11) is 0. The molecule has 4 amide bonds. The van der Waals surface area contributed by atoms with Crippen molar-refractivity contribution in [3.05, 3.63) is 99.1 Å². The molecule has 0 radical (unpaired) electrons. The van der Waals surface area contributed by atoms with E-state index in [-0.39, 0.29) is 5.57 Å². The zero-order valence-electron chi connectivity index (χ0n) is 19.5. The molecular weight excluding hydrogens is 462 g/mol. The molecule has 0 aromatic heterocycles. The zero-order chi connectivity index (χ0) is 24.7. The highest BCUT2D eigenvalue weighted by Gasteiger charge is 2.37. The van der Waals surface area contributed by atoms with Gasteiger partial charge in [0.25, 0.3) is 11.8 Å². The number of nitrogens with zero attached hydrogens (tertiary/aromatic N) is 2. The van der Waals surface area contributed by atoms with E-state index in [1.165, 1.54) is 0 Å². The van der Waals surface area contributed by atoms with Crippen LogP contribution in [0.15, 0.2) is 66.2 Å². The molecule has 3 aromatic rings. The number of rotatable bonds is 4. The van der Waals surface area contributed by atoms with Gasteiger partial charge in [-0.3, -0.25) is 14.9 Å². The molecule has 1 saturated heterocycles. The van der Waals surface area contributed by atoms with Crippen LogP contribution in [-0.2, 0) is 22.6 Å². The van der Waals surface area contributed by atoms with Crippen LogP contribution in [0.1, 0.15) is 27.8 Å². The molecule has 3 aromatic carbocycles. The second-order valence-electron chi connectivity index (χ2n) is 8.88. The Kier molecular flexibility index (Phi) is 5.91. The van der Waals surface area contributed by atoms with Gasteiger partial charge in [-0.25, -0.2) is 9.69 Å². The number of aryl methyl sites for hydroxylation is 2. The molecule has 6 nitrogen and oxygen atoms in total. The van der Waals surface area contributed by atoms with Crippen LogP contribution < -0.4 is 15.1 Å². The van der Waals surface area contributed by atoms with Gasteiger partial charge in [0.05, 0.1) is 5.69 Å². The summed E-state index contributed by atoms with van der Waals surface area (Å²) in [6.45, 7) is 5.43. The summed E-state index contributed by atoms with van der Waals surface area (Å²) < 4.78 is 0. The van der Waals surface area contributed by atoms with Crippen molar-refractivity contribution in [2.24, 2.45) is 0 Å². The predicted molar refractivity (Wildman–Crippen MR) is 138 cm³/mol. The fraction of sp³-hybridized carbons (Fsp3) is 0.179. The van der Waals surface area contributed by atoms with E-state index in [2.05, 4.69) is 10.2 Å². The third-order valence-electron chi connectivity index (χ3n) is 6.58. The number of halogens is 1. The van der Waals surface area contributed by atoms with Crippen molar-refractivity contribution in [2.45, 2.75) is 26.8 Å². The van der Waals surface area contributed by atoms with Crippen molar-refractivity contribution in [3.8, 4) is 0 Å². The molecule has 0 spiro atoms. The number of urea groups is 1. The monoisotopic (exact) mass is 485 g/mol. The van der Waals surface area contributed by atoms with Crippen molar-refractivity contribution in [3.63, 3.8) is 0 Å². The first-order chi connectivity index (χ1) is 16.8. The smallest absolute Gasteiger partial charge is 0.335 e. The molecular formula is C28H24ClN3O3. The molecule has 2 aliphatic heterocycles. The summed E-state index contributed by atoms with van der Waals surface area (Å²) in [5.41, 5.74) is 6.39. The van der Waals surface area contributed by atoms with Gasteiger partial charge in [-0.2, -0.15) is 0 Å². The molecule has 176 valence electrons. The maximum absolute atomic E-state index is 13.2. The van der Waals surface area contributed by atoms with Gasteiger partial charge in [0, 0.05) is 23.8 Å². The topological polar surface area (TPSA) is 69.7 Å². The Bertz CT molecular complexity index is 1410. The van der Waals surface area contributed by atoms with Gasteiger partial charge in [0.2, 0.25) is 0 Å².